The molecule has 0 aliphatic carbocycles. The first kappa shape index (κ1) is 29.5. The number of hydrogen-bond donors (Lipinski definition) is 2. The lowest BCUT2D eigenvalue weighted by Gasteiger charge is -2.18. The summed E-state index contributed by atoms with van der Waals surface area (Å²) in [5.41, 5.74) is -1.47. The van der Waals surface area contributed by atoms with E-state index in [1.54, 1.807) is 4.90 Å². The normalized spacial score (nSPS) is 14.2. The zero-order valence-electron chi connectivity index (χ0n) is 20.8. The van der Waals surface area contributed by atoms with Gasteiger partial charge in [-0.1, -0.05) is 11.6 Å². The van der Waals surface area contributed by atoms with Gasteiger partial charge in [-0.15, -0.1) is 0 Å². The number of halogens is 4. The van der Waals surface area contributed by atoms with Crippen molar-refractivity contribution in [3.05, 3.63) is 76.8 Å². The van der Waals surface area contributed by atoms with Crippen LogP contribution in [0.2, 0.25) is 5.02 Å². The predicted molar refractivity (Wildman–Crippen MR) is 143 cm³/mol. The van der Waals surface area contributed by atoms with Gasteiger partial charge >= 0.3 is 6.18 Å². The van der Waals surface area contributed by atoms with Crippen molar-refractivity contribution in [2.24, 2.45) is 0 Å². The van der Waals surface area contributed by atoms with Crippen LogP contribution in [-0.4, -0.2) is 47.8 Å². The standard InChI is InChI=1S/C25H23ClF3N3O6S2/c1-38-23-11-9-19(15-20(23)24(33)32-12-2-3-13-32)40(36,37)30-16-4-7-18(8-5-16)39(34,35)31-17-6-10-22(26)21(14-17)25(27,28)29/h4-11,14-15,30-31H,2-3,12-13H2,1H3. The van der Waals surface area contributed by atoms with Crippen molar-refractivity contribution < 1.29 is 39.5 Å². The van der Waals surface area contributed by atoms with Gasteiger partial charge in [-0.25, -0.2) is 16.8 Å². The molecule has 0 aromatic heterocycles. The SMILES string of the molecule is COc1ccc(S(=O)(=O)Nc2ccc(S(=O)(=O)Nc3ccc(Cl)c(C(F)(F)F)c3)cc2)cc1C(=O)N1CCCC1. The van der Waals surface area contributed by atoms with Crippen molar-refractivity contribution in [2.45, 2.75) is 28.8 Å². The van der Waals surface area contributed by atoms with Gasteiger partial charge in [0.25, 0.3) is 26.0 Å². The second-order valence-corrected chi connectivity index (χ2v) is 12.6. The molecule has 0 unspecified atom stereocenters. The van der Waals surface area contributed by atoms with Crippen molar-refractivity contribution >= 4 is 48.9 Å². The fourth-order valence-electron chi connectivity index (χ4n) is 4.05. The Bertz CT molecular complexity index is 1640. The summed E-state index contributed by atoms with van der Waals surface area (Å²) in [6, 6.07) is 10.9. The smallest absolute Gasteiger partial charge is 0.417 e. The minimum atomic E-state index is -4.79. The molecule has 1 aliphatic rings. The molecule has 0 spiro atoms. The zero-order chi connectivity index (χ0) is 29.3. The molecule has 1 amide bonds. The molecule has 0 atom stereocenters. The number of benzene rings is 3. The molecule has 4 rings (SSSR count). The van der Waals surface area contributed by atoms with Gasteiger partial charge in [0, 0.05) is 24.5 Å². The number of carbonyl (C=O) groups is 1. The van der Waals surface area contributed by atoms with E-state index in [9.17, 15) is 34.8 Å². The van der Waals surface area contributed by atoms with Crippen molar-refractivity contribution in [1.82, 2.24) is 4.90 Å². The monoisotopic (exact) mass is 617 g/mol. The van der Waals surface area contributed by atoms with E-state index in [4.69, 9.17) is 16.3 Å². The third-order valence-corrected chi connectivity index (χ3v) is 9.15. The van der Waals surface area contributed by atoms with Gasteiger partial charge in [0.05, 0.1) is 33.1 Å². The van der Waals surface area contributed by atoms with Crippen LogP contribution in [0.3, 0.4) is 0 Å². The van der Waals surface area contributed by atoms with Gasteiger partial charge in [0.2, 0.25) is 0 Å². The number of nitrogens with zero attached hydrogens (tertiary/aromatic N) is 1. The molecule has 0 radical (unpaired) electrons. The first-order valence-electron chi connectivity index (χ1n) is 11.7. The summed E-state index contributed by atoms with van der Waals surface area (Å²) in [7, 11) is -7.15. The number of sulfonamides is 2. The van der Waals surface area contributed by atoms with E-state index in [1.165, 1.54) is 37.4 Å². The van der Waals surface area contributed by atoms with E-state index in [-0.39, 0.29) is 38.4 Å². The zero-order valence-corrected chi connectivity index (χ0v) is 23.2. The Morgan fingerprint density at radius 3 is 2.00 bits per heavy atom. The summed E-state index contributed by atoms with van der Waals surface area (Å²) in [5, 5.41) is -0.587. The quantitative estimate of drug-likeness (QED) is 0.358. The van der Waals surface area contributed by atoms with Gasteiger partial charge in [0.15, 0.2) is 0 Å². The average Bonchev–Trinajstić information content (AvgIpc) is 3.43. The van der Waals surface area contributed by atoms with Crippen LogP contribution in [0.1, 0.15) is 28.8 Å². The highest BCUT2D eigenvalue weighted by molar-refractivity contribution is 7.93. The molecule has 1 aliphatic heterocycles. The highest BCUT2D eigenvalue weighted by Gasteiger charge is 2.34. The van der Waals surface area contributed by atoms with Crippen molar-refractivity contribution in [1.29, 1.82) is 0 Å². The summed E-state index contributed by atoms with van der Waals surface area (Å²) in [5.74, 6) is -0.127. The minimum Gasteiger partial charge on any atom is -0.496 e. The fourth-order valence-corrected chi connectivity index (χ4v) is 6.41. The lowest BCUT2D eigenvalue weighted by molar-refractivity contribution is -0.137. The molecule has 214 valence electrons. The fraction of sp³-hybridized carbons (Fsp3) is 0.240. The maximum Gasteiger partial charge on any atom is 0.417 e. The van der Waals surface area contributed by atoms with Crippen molar-refractivity contribution in [3.63, 3.8) is 0 Å². The van der Waals surface area contributed by atoms with E-state index < -0.39 is 36.8 Å². The number of anilines is 2. The Labute approximate surface area is 234 Å². The van der Waals surface area contributed by atoms with Crippen LogP contribution in [0.4, 0.5) is 24.5 Å². The van der Waals surface area contributed by atoms with Gasteiger partial charge in [-0.05, 0) is 73.5 Å². The highest BCUT2D eigenvalue weighted by Crippen LogP contribution is 2.36. The van der Waals surface area contributed by atoms with Gasteiger partial charge < -0.3 is 9.64 Å². The van der Waals surface area contributed by atoms with Gasteiger partial charge in [-0.3, -0.25) is 14.2 Å². The van der Waals surface area contributed by atoms with Crippen LogP contribution in [0.15, 0.2) is 70.5 Å². The number of carbonyl (C=O) groups excluding carboxylic acids is 1. The van der Waals surface area contributed by atoms with Crippen LogP contribution in [0, 0.1) is 0 Å². The molecule has 1 saturated heterocycles. The van der Waals surface area contributed by atoms with E-state index >= 15 is 0 Å². The number of likely N-dealkylation sites (tertiary alicyclic amines) is 1. The van der Waals surface area contributed by atoms with E-state index in [0.717, 1.165) is 37.1 Å². The molecule has 2 N–H and O–H groups in total. The second-order valence-electron chi connectivity index (χ2n) is 8.79. The molecule has 1 heterocycles. The van der Waals surface area contributed by atoms with Crippen molar-refractivity contribution in [3.8, 4) is 5.75 Å². The number of amides is 1. The molecule has 40 heavy (non-hydrogen) atoms. The lowest BCUT2D eigenvalue weighted by Crippen LogP contribution is -2.28. The van der Waals surface area contributed by atoms with Crippen LogP contribution < -0.4 is 14.2 Å². The molecule has 3 aromatic rings. The molecule has 1 fully saturated rings. The molecular formula is C25H23ClF3N3O6S2. The number of alkyl halides is 3. The summed E-state index contributed by atoms with van der Waals surface area (Å²) >= 11 is 5.57. The number of ether oxygens (including phenoxy) is 1. The minimum absolute atomic E-state index is 0.00744. The third-order valence-electron chi connectivity index (χ3n) is 6.05. The number of hydrogen-bond acceptors (Lipinski definition) is 6. The summed E-state index contributed by atoms with van der Waals surface area (Å²) in [6.07, 6.45) is -3.09. The second kappa shape index (κ2) is 11.2. The maximum absolute atomic E-state index is 13.1. The first-order valence-corrected chi connectivity index (χ1v) is 15.1. The lowest BCUT2D eigenvalue weighted by atomic mass is 10.1. The summed E-state index contributed by atoms with van der Waals surface area (Å²) < 4.78 is 100. The van der Waals surface area contributed by atoms with Crippen LogP contribution in [0.5, 0.6) is 5.75 Å². The summed E-state index contributed by atoms with van der Waals surface area (Å²) in [4.78, 5) is 14.0. The Morgan fingerprint density at radius 2 is 1.40 bits per heavy atom. The molecular weight excluding hydrogens is 595 g/mol. The number of methoxy groups -OCH3 is 1. The first-order chi connectivity index (χ1) is 18.7. The third kappa shape index (κ3) is 6.45. The van der Waals surface area contributed by atoms with Crippen LogP contribution in [0.25, 0.3) is 0 Å². The van der Waals surface area contributed by atoms with Gasteiger partial charge in [-0.2, -0.15) is 13.2 Å². The van der Waals surface area contributed by atoms with Crippen LogP contribution >= 0.6 is 11.6 Å². The Balaban J connectivity index is 1.53. The largest absolute Gasteiger partial charge is 0.496 e. The molecule has 0 saturated carbocycles. The molecule has 9 nitrogen and oxygen atoms in total. The maximum atomic E-state index is 13.1. The number of nitrogens with one attached hydrogen (secondary N) is 2. The average molecular weight is 618 g/mol. The Hall–Kier alpha value is -3.49. The predicted octanol–water partition coefficient (Wildman–Crippen LogP) is 5.21. The highest BCUT2D eigenvalue weighted by atomic mass is 35.5. The van der Waals surface area contributed by atoms with Crippen LogP contribution in [-0.2, 0) is 26.2 Å². The van der Waals surface area contributed by atoms with E-state index in [0.29, 0.717) is 19.2 Å². The topological polar surface area (TPSA) is 122 Å². The van der Waals surface area contributed by atoms with E-state index in [2.05, 4.69) is 4.72 Å². The molecule has 0 bridgehead atoms. The summed E-state index contributed by atoms with van der Waals surface area (Å²) in [6.45, 7) is 1.12. The van der Waals surface area contributed by atoms with Gasteiger partial charge in [0.1, 0.15) is 5.75 Å². The number of rotatable bonds is 8. The Kier molecular flexibility index (Phi) is 8.24. The molecule has 3 aromatic carbocycles. The van der Waals surface area contributed by atoms with Crippen molar-refractivity contribution in [2.75, 3.05) is 29.6 Å². The molecule has 15 heteroatoms. The Morgan fingerprint density at radius 1 is 0.850 bits per heavy atom. The van der Waals surface area contributed by atoms with E-state index in [1.807, 2.05) is 4.72 Å².